The highest BCUT2D eigenvalue weighted by atomic mass is 16.7. The van der Waals surface area contributed by atoms with Gasteiger partial charge in [-0.1, -0.05) is 6.07 Å². The van der Waals surface area contributed by atoms with Gasteiger partial charge in [0.1, 0.15) is 5.52 Å². The van der Waals surface area contributed by atoms with E-state index in [9.17, 15) is 4.79 Å². The molecular weight excluding hydrogens is 270 g/mol. The number of benzene rings is 1. The van der Waals surface area contributed by atoms with Gasteiger partial charge in [-0.3, -0.25) is 0 Å². The number of fused-ring (bicyclic) bond motifs is 1. The molecule has 1 aromatic heterocycles. The fourth-order valence-corrected chi connectivity index (χ4v) is 1.97. The van der Waals surface area contributed by atoms with E-state index in [0.717, 1.165) is 18.5 Å². The SMILES string of the molecule is CCOC(=O)Oc1cccc2c1ncn2CCC(C)(C)N. The molecule has 0 saturated carbocycles. The molecule has 0 fully saturated rings. The molecule has 2 N–H and O–H groups in total. The average molecular weight is 291 g/mol. The van der Waals surface area contributed by atoms with Crippen LogP contribution in [0.25, 0.3) is 11.0 Å². The van der Waals surface area contributed by atoms with Gasteiger partial charge in [0.15, 0.2) is 5.75 Å². The Balaban J connectivity index is 2.22. The lowest BCUT2D eigenvalue weighted by atomic mass is 10.0. The number of ether oxygens (including phenoxy) is 2. The molecule has 0 spiro atoms. The molecular formula is C15H21N3O3. The van der Waals surface area contributed by atoms with E-state index < -0.39 is 6.16 Å². The van der Waals surface area contributed by atoms with Crippen LogP contribution >= 0.6 is 0 Å². The number of carbonyl (C=O) groups excluding carboxylic acids is 1. The number of nitrogens with two attached hydrogens (primary N) is 1. The number of nitrogens with zero attached hydrogens (tertiary/aromatic N) is 2. The van der Waals surface area contributed by atoms with Gasteiger partial charge < -0.3 is 19.8 Å². The molecule has 6 nitrogen and oxygen atoms in total. The standard InChI is InChI=1S/C15H21N3O3/c1-4-20-14(19)21-12-7-5-6-11-13(12)17-10-18(11)9-8-15(2,3)16/h5-7,10H,4,8-9,16H2,1-3H3. The van der Waals surface area contributed by atoms with Crippen molar-refractivity contribution in [3.63, 3.8) is 0 Å². The molecule has 0 bridgehead atoms. The number of rotatable bonds is 5. The molecule has 0 amide bonds. The normalized spacial score (nSPS) is 11.6. The molecule has 0 atom stereocenters. The van der Waals surface area contributed by atoms with Crippen LogP contribution in [-0.4, -0.2) is 27.9 Å². The highest BCUT2D eigenvalue weighted by molar-refractivity contribution is 5.84. The van der Waals surface area contributed by atoms with Crippen molar-refractivity contribution in [3.8, 4) is 5.75 Å². The van der Waals surface area contributed by atoms with E-state index in [-0.39, 0.29) is 12.1 Å². The van der Waals surface area contributed by atoms with Crippen molar-refractivity contribution in [2.75, 3.05) is 6.61 Å². The Labute approximate surface area is 123 Å². The van der Waals surface area contributed by atoms with Crippen LogP contribution in [0.5, 0.6) is 5.75 Å². The van der Waals surface area contributed by atoms with Crippen molar-refractivity contribution in [2.24, 2.45) is 5.73 Å². The lowest BCUT2D eigenvalue weighted by molar-refractivity contribution is 0.105. The third kappa shape index (κ3) is 3.95. The fourth-order valence-electron chi connectivity index (χ4n) is 1.97. The molecule has 0 unspecified atom stereocenters. The first-order chi connectivity index (χ1) is 9.90. The summed E-state index contributed by atoms with van der Waals surface area (Å²) in [5, 5.41) is 0. The summed E-state index contributed by atoms with van der Waals surface area (Å²) in [6.45, 7) is 6.73. The Hall–Kier alpha value is -2.08. The molecule has 114 valence electrons. The minimum Gasteiger partial charge on any atom is -0.434 e. The molecule has 1 aromatic carbocycles. The van der Waals surface area contributed by atoms with Crippen LogP contribution in [0.15, 0.2) is 24.5 Å². The molecule has 2 aromatic rings. The topological polar surface area (TPSA) is 79.4 Å². The molecule has 1 heterocycles. The predicted molar refractivity (Wildman–Crippen MR) is 80.3 cm³/mol. The van der Waals surface area contributed by atoms with E-state index >= 15 is 0 Å². The maximum Gasteiger partial charge on any atom is 0.513 e. The Morgan fingerprint density at radius 2 is 2.19 bits per heavy atom. The molecule has 0 aliphatic heterocycles. The molecule has 0 radical (unpaired) electrons. The maximum absolute atomic E-state index is 11.4. The zero-order valence-corrected chi connectivity index (χ0v) is 12.6. The van der Waals surface area contributed by atoms with Gasteiger partial charge in [0.05, 0.1) is 18.5 Å². The van der Waals surface area contributed by atoms with Gasteiger partial charge in [-0.2, -0.15) is 0 Å². The van der Waals surface area contributed by atoms with Crippen LogP contribution in [0, 0.1) is 0 Å². The molecule has 2 rings (SSSR count). The van der Waals surface area contributed by atoms with Crippen molar-refractivity contribution in [2.45, 2.75) is 39.3 Å². The molecule has 0 aliphatic carbocycles. The maximum atomic E-state index is 11.4. The van der Waals surface area contributed by atoms with Gasteiger partial charge in [-0.25, -0.2) is 9.78 Å². The van der Waals surface area contributed by atoms with E-state index in [1.54, 1.807) is 19.3 Å². The Bertz CT molecular complexity index is 629. The first-order valence-corrected chi connectivity index (χ1v) is 6.98. The third-order valence-electron chi connectivity index (χ3n) is 3.07. The van der Waals surface area contributed by atoms with Gasteiger partial charge in [-0.05, 0) is 39.3 Å². The zero-order valence-electron chi connectivity index (χ0n) is 12.6. The average Bonchev–Trinajstić information content (AvgIpc) is 2.80. The van der Waals surface area contributed by atoms with Crippen molar-refractivity contribution < 1.29 is 14.3 Å². The monoisotopic (exact) mass is 291 g/mol. The van der Waals surface area contributed by atoms with Gasteiger partial charge >= 0.3 is 6.16 Å². The minimum absolute atomic E-state index is 0.240. The Morgan fingerprint density at radius 3 is 2.86 bits per heavy atom. The summed E-state index contributed by atoms with van der Waals surface area (Å²) < 4.78 is 11.9. The number of aromatic nitrogens is 2. The summed E-state index contributed by atoms with van der Waals surface area (Å²) in [6.07, 6.45) is 1.83. The Kier molecular flexibility index (Phi) is 4.47. The smallest absolute Gasteiger partial charge is 0.434 e. The fraction of sp³-hybridized carbons (Fsp3) is 0.467. The van der Waals surface area contributed by atoms with Gasteiger partial charge in [0, 0.05) is 12.1 Å². The number of para-hydroxylation sites is 1. The van der Waals surface area contributed by atoms with Gasteiger partial charge in [0.25, 0.3) is 0 Å². The molecule has 0 aliphatic rings. The molecule has 21 heavy (non-hydrogen) atoms. The largest absolute Gasteiger partial charge is 0.513 e. The van der Waals surface area contributed by atoms with Crippen LogP contribution in [0.2, 0.25) is 0 Å². The third-order valence-corrected chi connectivity index (χ3v) is 3.07. The van der Waals surface area contributed by atoms with E-state index in [1.807, 2.05) is 30.5 Å². The second-order valence-corrected chi connectivity index (χ2v) is 5.59. The lowest BCUT2D eigenvalue weighted by Crippen LogP contribution is -2.33. The summed E-state index contributed by atoms with van der Waals surface area (Å²) in [5.74, 6) is 0.400. The first kappa shape index (κ1) is 15.3. The summed E-state index contributed by atoms with van der Waals surface area (Å²) >= 11 is 0. The quantitative estimate of drug-likeness (QED) is 0.676. The summed E-state index contributed by atoms with van der Waals surface area (Å²) in [4.78, 5) is 15.7. The number of hydrogen-bond acceptors (Lipinski definition) is 5. The van der Waals surface area contributed by atoms with Crippen molar-refractivity contribution in [3.05, 3.63) is 24.5 Å². The van der Waals surface area contributed by atoms with Crippen molar-refractivity contribution in [1.29, 1.82) is 0 Å². The van der Waals surface area contributed by atoms with Crippen molar-refractivity contribution in [1.82, 2.24) is 9.55 Å². The highest BCUT2D eigenvalue weighted by Crippen LogP contribution is 2.25. The second-order valence-electron chi connectivity index (χ2n) is 5.59. The predicted octanol–water partition coefficient (Wildman–Crippen LogP) is 2.70. The van der Waals surface area contributed by atoms with E-state index in [4.69, 9.17) is 15.2 Å². The van der Waals surface area contributed by atoms with Crippen LogP contribution in [0.3, 0.4) is 0 Å². The second kappa shape index (κ2) is 6.13. The first-order valence-electron chi connectivity index (χ1n) is 6.98. The summed E-state index contributed by atoms with van der Waals surface area (Å²) in [5.41, 5.74) is 7.31. The van der Waals surface area contributed by atoms with Gasteiger partial charge in [0.2, 0.25) is 0 Å². The van der Waals surface area contributed by atoms with E-state index in [1.165, 1.54) is 0 Å². The highest BCUT2D eigenvalue weighted by Gasteiger charge is 2.15. The number of imidazole rings is 1. The molecule has 6 heteroatoms. The van der Waals surface area contributed by atoms with Crippen molar-refractivity contribution >= 4 is 17.2 Å². The minimum atomic E-state index is -0.720. The molecule has 0 saturated heterocycles. The van der Waals surface area contributed by atoms with E-state index in [2.05, 4.69) is 4.98 Å². The zero-order chi connectivity index (χ0) is 15.5. The van der Waals surface area contributed by atoms with Gasteiger partial charge in [-0.15, -0.1) is 0 Å². The summed E-state index contributed by atoms with van der Waals surface area (Å²) in [7, 11) is 0. The van der Waals surface area contributed by atoms with E-state index in [0.29, 0.717) is 11.3 Å². The Morgan fingerprint density at radius 1 is 1.43 bits per heavy atom. The lowest BCUT2D eigenvalue weighted by Gasteiger charge is -2.18. The van der Waals surface area contributed by atoms with Crippen LogP contribution < -0.4 is 10.5 Å². The van der Waals surface area contributed by atoms with Crippen LogP contribution in [0.4, 0.5) is 4.79 Å². The number of hydrogen-bond donors (Lipinski definition) is 1. The van der Waals surface area contributed by atoms with Crippen LogP contribution in [0.1, 0.15) is 27.2 Å². The number of aryl methyl sites for hydroxylation is 1. The van der Waals surface area contributed by atoms with Crippen LogP contribution in [-0.2, 0) is 11.3 Å². The number of carbonyl (C=O) groups is 1. The summed E-state index contributed by atoms with van der Waals surface area (Å²) in [6, 6.07) is 5.45.